The van der Waals surface area contributed by atoms with E-state index in [4.69, 9.17) is 23.3 Å². The van der Waals surface area contributed by atoms with Gasteiger partial charge in [0.15, 0.2) is 6.10 Å². The van der Waals surface area contributed by atoms with Gasteiger partial charge in [0.1, 0.15) is 12.7 Å². The molecule has 0 heterocycles. The topological polar surface area (TPSA) is 155 Å². The number of phosphoric acid groups is 1. The largest absolute Gasteiger partial charge is 0.472 e. The molecule has 3 unspecified atom stereocenters. The van der Waals surface area contributed by atoms with Crippen LogP contribution in [0.1, 0.15) is 188 Å². The molecule has 11 nitrogen and oxygen atoms in total. The quantitative estimate of drug-likeness (QED) is 0.0197. The fraction of sp³-hybridized carbons (Fsp3) is 0.603. The van der Waals surface area contributed by atoms with Crippen LogP contribution in [0.4, 0.5) is 0 Å². The number of aliphatic hydroxyl groups is 1. The zero-order valence-corrected chi connectivity index (χ0v) is 44.3. The Kier molecular flexibility index (Phi) is 48.2. The summed E-state index contributed by atoms with van der Waals surface area (Å²) in [5.41, 5.74) is 0. The van der Waals surface area contributed by atoms with Crippen molar-refractivity contribution in [2.45, 2.75) is 200 Å². The molecule has 0 aliphatic rings. The molecule has 0 aromatic heterocycles. The Bertz CT molecular complexity index is 1630. The molecular formula is C58H93O11P. The van der Waals surface area contributed by atoms with E-state index in [9.17, 15) is 28.9 Å². The summed E-state index contributed by atoms with van der Waals surface area (Å²) in [6.45, 7) is 4.15. The van der Waals surface area contributed by atoms with Gasteiger partial charge in [0.05, 0.1) is 19.8 Å². The average Bonchev–Trinajstić information content (AvgIpc) is 3.35. The van der Waals surface area contributed by atoms with E-state index in [-0.39, 0.29) is 25.9 Å². The summed E-state index contributed by atoms with van der Waals surface area (Å²) in [6, 6.07) is 0. The van der Waals surface area contributed by atoms with Gasteiger partial charge in [0.2, 0.25) is 0 Å². The molecule has 0 aromatic carbocycles. The van der Waals surface area contributed by atoms with Gasteiger partial charge in [-0.25, -0.2) is 4.57 Å². The molecule has 396 valence electrons. The molecule has 0 radical (unpaired) electrons. The Morgan fingerprint density at radius 2 is 0.729 bits per heavy atom. The summed E-state index contributed by atoms with van der Waals surface area (Å²) in [7, 11) is -4.78. The van der Waals surface area contributed by atoms with E-state index in [1.165, 1.54) is 0 Å². The van der Waals surface area contributed by atoms with Gasteiger partial charge in [-0.1, -0.05) is 181 Å². The standard InChI is InChI=1S/C58H93O11P/c1-4-7-10-13-16-19-22-25-27-30-32-35-38-41-44-47-56(60)65-51-55(69-58(62)49-46-43-40-37-34-31-28-26-23-20-17-14-11-8-5-2)53-67-70(63,64)66-52-54(50-59)68-57(61)48-45-42-39-36-33-29-24-21-18-15-12-9-6-3/h7-12,16-21,25-29,33,39,42,54-55,59H,4-6,13-15,22-24,30-32,34-38,40-41,43-53H2,1-3H3,(H,63,64)/b10-7-,11-8-,12-9-,19-16-,20-17-,21-18-,27-25-,28-26-,33-29-,42-39-. The number of carbonyl (C=O) groups excluding carboxylic acids is 3. The van der Waals surface area contributed by atoms with Crippen LogP contribution in [0.25, 0.3) is 0 Å². The third-order valence-electron chi connectivity index (χ3n) is 10.4. The SMILES string of the molecule is CC/C=C\C/C=C\C/C=C\C/C=C\CCC(=O)OC(CO)COP(=O)(O)OCC(COC(=O)CCCCCCC/C=C\C/C=C\C/C=C\CC)OC(=O)CCCCCCC/C=C\C/C=C\C/C=C\CC. The van der Waals surface area contributed by atoms with Crippen molar-refractivity contribution in [3.8, 4) is 0 Å². The third-order valence-corrected chi connectivity index (χ3v) is 11.3. The lowest BCUT2D eigenvalue weighted by Crippen LogP contribution is -2.30. The lowest BCUT2D eigenvalue weighted by atomic mass is 10.1. The minimum absolute atomic E-state index is 0.0474. The summed E-state index contributed by atoms with van der Waals surface area (Å²) in [6.07, 6.45) is 61.8. The molecule has 70 heavy (non-hydrogen) atoms. The van der Waals surface area contributed by atoms with Gasteiger partial charge < -0.3 is 24.2 Å². The number of hydrogen-bond acceptors (Lipinski definition) is 10. The summed E-state index contributed by atoms with van der Waals surface area (Å²) in [5.74, 6) is -1.61. The predicted molar refractivity (Wildman–Crippen MR) is 288 cm³/mol. The van der Waals surface area contributed by atoms with Crippen molar-refractivity contribution in [2.75, 3.05) is 26.4 Å². The summed E-state index contributed by atoms with van der Waals surface area (Å²) in [5, 5.41) is 9.77. The van der Waals surface area contributed by atoms with E-state index in [1.54, 1.807) is 0 Å². The van der Waals surface area contributed by atoms with Crippen LogP contribution in [0.3, 0.4) is 0 Å². The second-order valence-electron chi connectivity index (χ2n) is 16.9. The molecule has 2 N–H and O–H groups in total. The zero-order valence-electron chi connectivity index (χ0n) is 43.4. The number of unbranched alkanes of at least 4 members (excludes halogenated alkanes) is 10. The van der Waals surface area contributed by atoms with Crippen molar-refractivity contribution in [2.24, 2.45) is 0 Å². The smallest absolute Gasteiger partial charge is 0.462 e. The first-order valence-electron chi connectivity index (χ1n) is 26.4. The van der Waals surface area contributed by atoms with Crippen LogP contribution in [0.15, 0.2) is 122 Å². The van der Waals surface area contributed by atoms with Gasteiger partial charge >= 0.3 is 25.7 Å². The van der Waals surface area contributed by atoms with Crippen LogP contribution in [-0.4, -0.2) is 66.5 Å². The van der Waals surface area contributed by atoms with Crippen molar-refractivity contribution >= 4 is 25.7 Å². The van der Waals surface area contributed by atoms with E-state index >= 15 is 0 Å². The van der Waals surface area contributed by atoms with Crippen molar-refractivity contribution in [1.82, 2.24) is 0 Å². The maximum Gasteiger partial charge on any atom is 0.472 e. The summed E-state index contributed by atoms with van der Waals surface area (Å²) >= 11 is 0. The lowest BCUT2D eigenvalue weighted by Gasteiger charge is -2.21. The van der Waals surface area contributed by atoms with Gasteiger partial charge in [0, 0.05) is 19.3 Å². The Morgan fingerprint density at radius 1 is 0.400 bits per heavy atom. The molecule has 0 amide bonds. The molecule has 0 rings (SSSR count). The monoisotopic (exact) mass is 997 g/mol. The van der Waals surface area contributed by atoms with Gasteiger partial charge in [-0.05, 0) is 109 Å². The fourth-order valence-corrected chi connectivity index (χ4v) is 7.24. The highest BCUT2D eigenvalue weighted by molar-refractivity contribution is 7.47. The summed E-state index contributed by atoms with van der Waals surface area (Å²) < 4.78 is 39.3. The van der Waals surface area contributed by atoms with Crippen LogP contribution in [0, 0.1) is 0 Å². The molecule has 0 saturated carbocycles. The van der Waals surface area contributed by atoms with Gasteiger partial charge in [-0.2, -0.15) is 0 Å². The lowest BCUT2D eigenvalue weighted by molar-refractivity contribution is -0.161. The second kappa shape index (κ2) is 51.2. The normalized spacial score (nSPS) is 14.4. The highest BCUT2D eigenvalue weighted by Gasteiger charge is 2.28. The zero-order chi connectivity index (χ0) is 51.3. The van der Waals surface area contributed by atoms with Crippen molar-refractivity contribution in [3.63, 3.8) is 0 Å². The first kappa shape index (κ1) is 65.9. The number of carbonyl (C=O) groups is 3. The van der Waals surface area contributed by atoms with E-state index in [0.29, 0.717) is 19.3 Å². The maximum atomic E-state index is 12.9. The molecule has 0 saturated heterocycles. The molecule has 0 aromatic rings. The Hall–Kier alpha value is -4.12. The third kappa shape index (κ3) is 48.9. The van der Waals surface area contributed by atoms with Crippen LogP contribution >= 0.6 is 7.82 Å². The van der Waals surface area contributed by atoms with Gasteiger partial charge in [-0.3, -0.25) is 23.4 Å². The Balaban J connectivity index is 4.88. The fourth-order valence-electron chi connectivity index (χ4n) is 6.46. The van der Waals surface area contributed by atoms with Crippen molar-refractivity contribution in [1.29, 1.82) is 0 Å². The minimum atomic E-state index is -4.78. The molecule has 3 atom stereocenters. The molecule has 0 bridgehead atoms. The van der Waals surface area contributed by atoms with Crippen molar-refractivity contribution < 1.29 is 52.2 Å². The number of esters is 3. The number of phosphoric ester groups is 1. The van der Waals surface area contributed by atoms with Gasteiger partial charge in [-0.15, -0.1) is 0 Å². The highest BCUT2D eigenvalue weighted by atomic mass is 31.2. The number of aliphatic hydroxyl groups excluding tert-OH is 1. The maximum absolute atomic E-state index is 12.9. The molecular weight excluding hydrogens is 904 g/mol. The first-order chi connectivity index (χ1) is 34.2. The van der Waals surface area contributed by atoms with Crippen molar-refractivity contribution in [3.05, 3.63) is 122 Å². The van der Waals surface area contributed by atoms with E-state index in [0.717, 1.165) is 128 Å². The minimum Gasteiger partial charge on any atom is -0.462 e. The van der Waals surface area contributed by atoms with Gasteiger partial charge in [0.25, 0.3) is 0 Å². The summed E-state index contributed by atoms with van der Waals surface area (Å²) in [4.78, 5) is 48.3. The number of ether oxygens (including phenoxy) is 3. The molecule has 0 fully saturated rings. The van der Waals surface area contributed by atoms with E-state index < -0.39 is 57.8 Å². The van der Waals surface area contributed by atoms with Crippen LogP contribution in [-0.2, 0) is 42.2 Å². The highest BCUT2D eigenvalue weighted by Crippen LogP contribution is 2.43. The van der Waals surface area contributed by atoms with E-state index in [1.807, 2.05) is 18.2 Å². The Labute approximate surface area is 424 Å². The average molecular weight is 997 g/mol. The molecule has 0 aliphatic heterocycles. The molecule has 0 aliphatic carbocycles. The van der Waals surface area contributed by atoms with Crippen LogP contribution in [0.5, 0.6) is 0 Å². The number of allylic oxidation sites excluding steroid dienone is 20. The number of hydrogen-bond donors (Lipinski definition) is 2. The number of rotatable bonds is 47. The predicted octanol–water partition coefficient (Wildman–Crippen LogP) is 15.2. The second-order valence-corrected chi connectivity index (χ2v) is 18.3. The van der Waals surface area contributed by atoms with Crippen LogP contribution < -0.4 is 0 Å². The van der Waals surface area contributed by atoms with Crippen LogP contribution in [0.2, 0.25) is 0 Å². The first-order valence-corrected chi connectivity index (χ1v) is 27.9. The molecule has 0 spiro atoms. The Morgan fingerprint density at radius 3 is 1.16 bits per heavy atom. The molecule has 12 heteroatoms. The van der Waals surface area contributed by atoms with E-state index in [2.05, 4.69) is 124 Å².